The number of aliphatic imine (C=N–C) groups is 1. The summed E-state index contributed by atoms with van der Waals surface area (Å²) >= 11 is 1.49. The molecule has 3 rings (SSSR count). The third-order valence-corrected chi connectivity index (χ3v) is 7.30. The number of amides is 1. The third kappa shape index (κ3) is 9.32. The summed E-state index contributed by atoms with van der Waals surface area (Å²) in [6.07, 6.45) is 3.91. The van der Waals surface area contributed by atoms with E-state index in [0.717, 1.165) is 45.6 Å². The van der Waals surface area contributed by atoms with Crippen LogP contribution >= 0.6 is 11.8 Å². The van der Waals surface area contributed by atoms with Crippen molar-refractivity contribution < 1.29 is 18.8 Å². The zero-order chi connectivity index (χ0) is 26.6. The van der Waals surface area contributed by atoms with Crippen molar-refractivity contribution in [2.75, 3.05) is 58.7 Å². The number of thioether (sulfide) groups is 1. The predicted molar refractivity (Wildman–Crippen MR) is 148 cm³/mol. The maximum absolute atomic E-state index is 13.0. The van der Waals surface area contributed by atoms with E-state index in [1.807, 2.05) is 13.8 Å². The van der Waals surface area contributed by atoms with Gasteiger partial charge in [-0.15, -0.1) is 11.8 Å². The summed E-state index contributed by atoms with van der Waals surface area (Å²) in [5.74, 6) is 1.04. The number of piperazine rings is 1. The summed E-state index contributed by atoms with van der Waals surface area (Å²) in [5, 5.41) is 7.91. The number of ether oxygens (including phenoxy) is 1. The second kappa shape index (κ2) is 14.9. The highest BCUT2D eigenvalue weighted by Crippen LogP contribution is 2.24. The molecule has 0 bridgehead atoms. The van der Waals surface area contributed by atoms with E-state index in [-0.39, 0.29) is 12.5 Å². The summed E-state index contributed by atoms with van der Waals surface area (Å²) in [6, 6.07) is 1.91. The third-order valence-electron chi connectivity index (χ3n) is 6.14. The molecule has 1 aromatic rings. The fraction of sp³-hybridized carbons (Fsp3) is 0.615. The van der Waals surface area contributed by atoms with Crippen LogP contribution in [0.2, 0.25) is 0 Å². The van der Waals surface area contributed by atoms with Gasteiger partial charge in [-0.05, 0) is 26.8 Å². The van der Waals surface area contributed by atoms with Crippen LogP contribution in [-0.4, -0.2) is 91.2 Å². The Balaban J connectivity index is 1.51. The first-order valence-electron chi connectivity index (χ1n) is 12.9. The summed E-state index contributed by atoms with van der Waals surface area (Å²) in [4.78, 5) is 39.9. The molecule has 1 N–H and O–H groups in total. The molecule has 2 aliphatic heterocycles. The lowest BCUT2D eigenvalue weighted by atomic mass is 10.1. The second-order valence-electron chi connectivity index (χ2n) is 9.23. The molecule has 10 nitrogen and oxygen atoms in total. The Labute approximate surface area is 223 Å². The van der Waals surface area contributed by atoms with E-state index in [9.17, 15) is 9.59 Å². The molecule has 1 amide bonds. The average molecular weight is 534 g/mol. The first-order valence-corrected chi connectivity index (χ1v) is 13.9. The lowest BCUT2D eigenvalue weighted by Crippen LogP contribution is -2.44. The molecule has 2 atom stereocenters. The Morgan fingerprint density at radius 2 is 2.16 bits per heavy atom. The van der Waals surface area contributed by atoms with Crippen LogP contribution in [0.5, 0.6) is 5.75 Å². The number of nitrogens with one attached hydrogen (secondary N) is 1. The first-order chi connectivity index (χ1) is 17.9. The Morgan fingerprint density at radius 3 is 2.89 bits per heavy atom. The molecular weight excluding hydrogens is 494 g/mol. The summed E-state index contributed by atoms with van der Waals surface area (Å²) < 4.78 is 10.9. The summed E-state index contributed by atoms with van der Waals surface area (Å²) in [6.45, 7) is 13.7. The Hall–Kier alpha value is -2.63. The van der Waals surface area contributed by atoms with Gasteiger partial charge in [-0.25, -0.2) is 4.79 Å². The van der Waals surface area contributed by atoms with Crippen LogP contribution in [0.3, 0.4) is 0 Å². The fourth-order valence-corrected chi connectivity index (χ4v) is 5.03. The summed E-state index contributed by atoms with van der Waals surface area (Å²) in [5.41, 5.74) is 0.141. The number of carbonyl (C=O) groups is 1. The maximum Gasteiger partial charge on any atom is 0.339 e. The van der Waals surface area contributed by atoms with Crippen LogP contribution in [0, 0.1) is 0 Å². The van der Waals surface area contributed by atoms with Gasteiger partial charge in [-0.2, -0.15) is 0 Å². The zero-order valence-electron chi connectivity index (χ0n) is 22.1. The topological polar surface area (TPSA) is 109 Å². The van der Waals surface area contributed by atoms with Crippen LogP contribution in [0.25, 0.3) is 0 Å². The van der Waals surface area contributed by atoms with Crippen LogP contribution < -0.4 is 15.7 Å². The number of hydrogen-bond donors (Lipinski definition) is 1. The molecule has 2 aliphatic rings. The standard InChI is InChI=1S/C26H39N5O5S/c1-5-8-21(23-16-20(34-14-6-2)17-24(32)36-23)27-25(33)22-18-37-26(28-22)19(3)29-35-15-7-9-31-12-10-30(4)11-13-31/h6,16-17,21-22H,2,5,7-15,18H2,1,3-4H3,(H,27,33)/b29-19+/t21-,22?/m1/s1. The predicted octanol–water partition coefficient (Wildman–Crippen LogP) is 2.71. The number of likely N-dealkylation sites (N-methyl/N-ethyl adjacent to an activating group) is 1. The van der Waals surface area contributed by atoms with Crippen molar-refractivity contribution in [3.63, 3.8) is 0 Å². The molecule has 1 fully saturated rings. The molecule has 0 saturated carbocycles. The van der Waals surface area contributed by atoms with Gasteiger partial charge >= 0.3 is 5.63 Å². The van der Waals surface area contributed by atoms with Gasteiger partial charge in [0.15, 0.2) is 0 Å². The monoisotopic (exact) mass is 533 g/mol. The van der Waals surface area contributed by atoms with E-state index in [0.29, 0.717) is 41.0 Å². The Morgan fingerprint density at radius 1 is 1.38 bits per heavy atom. The van der Waals surface area contributed by atoms with E-state index >= 15 is 0 Å². The second-order valence-corrected chi connectivity index (χ2v) is 10.2. The van der Waals surface area contributed by atoms with Crippen molar-refractivity contribution in [2.45, 2.75) is 45.2 Å². The molecule has 11 heteroatoms. The quantitative estimate of drug-likeness (QED) is 0.168. The Kier molecular flexibility index (Phi) is 11.7. The summed E-state index contributed by atoms with van der Waals surface area (Å²) in [7, 11) is 2.15. The normalized spacial score (nSPS) is 19.8. The van der Waals surface area contributed by atoms with Gasteiger partial charge in [0.2, 0.25) is 5.91 Å². The van der Waals surface area contributed by atoms with E-state index in [1.165, 1.54) is 17.8 Å². The molecule has 0 aromatic carbocycles. The van der Waals surface area contributed by atoms with Crippen molar-refractivity contribution >= 4 is 28.4 Å². The highest BCUT2D eigenvalue weighted by atomic mass is 32.2. The smallest absolute Gasteiger partial charge is 0.339 e. The van der Waals surface area contributed by atoms with Gasteiger partial charge in [-0.1, -0.05) is 31.2 Å². The van der Waals surface area contributed by atoms with Gasteiger partial charge in [0.1, 0.15) is 41.5 Å². The molecule has 204 valence electrons. The number of hydrogen-bond acceptors (Lipinski definition) is 10. The lowest BCUT2D eigenvalue weighted by molar-refractivity contribution is -0.122. The molecular formula is C26H39N5O5S. The van der Waals surface area contributed by atoms with Crippen LogP contribution in [-0.2, 0) is 9.63 Å². The molecule has 0 aliphatic carbocycles. The number of nitrogens with zero attached hydrogens (tertiary/aromatic N) is 4. The van der Waals surface area contributed by atoms with Crippen molar-refractivity contribution in [2.24, 2.45) is 10.1 Å². The first kappa shape index (κ1) is 28.9. The average Bonchev–Trinajstić information content (AvgIpc) is 3.38. The maximum atomic E-state index is 13.0. The molecule has 0 spiro atoms. The van der Waals surface area contributed by atoms with E-state index in [4.69, 9.17) is 14.0 Å². The van der Waals surface area contributed by atoms with Crippen molar-refractivity contribution in [1.29, 1.82) is 0 Å². The molecule has 0 radical (unpaired) electrons. The van der Waals surface area contributed by atoms with Gasteiger partial charge in [0.05, 0.1) is 12.1 Å². The lowest BCUT2D eigenvalue weighted by Gasteiger charge is -2.32. The van der Waals surface area contributed by atoms with Crippen LogP contribution in [0.1, 0.15) is 44.9 Å². The SMILES string of the molecule is C=CCOc1cc([C@@H](CCC)NC(=O)C2CSC(/C(C)=N/OCCCN3CCN(C)CC3)=N2)oc(=O)c1. The fourth-order valence-electron chi connectivity index (χ4n) is 4.04. The van der Waals surface area contributed by atoms with Crippen molar-refractivity contribution in [3.05, 3.63) is 41.0 Å². The largest absolute Gasteiger partial charge is 0.489 e. The molecule has 3 heterocycles. The van der Waals surface area contributed by atoms with Crippen LogP contribution in [0.15, 0.2) is 44.1 Å². The number of rotatable bonds is 14. The highest BCUT2D eigenvalue weighted by molar-refractivity contribution is 8.16. The molecule has 1 aromatic heterocycles. The van der Waals surface area contributed by atoms with Gasteiger partial charge in [0, 0.05) is 44.5 Å². The van der Waals surface area contributed by atoms with E-state index < -0.39 is 17.7 Å². The number of oxime groups is 1. The van der Waals surface area contributed by atoms with E-state index in [2.05, 4.69) is 38.9 Å². The van der Waals surface area contributed by atoms with Gasteiger partial charge in [-0.3, -0.25) is 9.79 Å². The van der Waals surface area contributed by atoms with Crippen LogP contribution in [0.4, 0.5) is 0 Å². The number of carbonyl (C=O) groups excluding carboxylic acids is 1. The zero-order valence-corrected chi connectivity index (χ0v) is 22.9. The molecule has 1 saturated heterocycles. The van der Waals surface area contributed by atoms with Crippen molar-refractivity contribution in [3.8, 4) is 5.75 Å². The Bertz CT molecular complexity index is 1020. The van der Waals surface area contributed by atoms with E-state index in [1.54, 1.807) is 12.1 Å². The van der Waals surface area contributed by atoms with Gasteiger partial charge in [0.25, 0.3) is 0 Å². The molecule has 1 unspecified atom stereocenters. The minimum atomic E-state index is -0.548. The van der Waals surface area contributed by atoms with Crippen molar-refractivity contribution in [1.82, 2.24) is 15.1 Å². The van der Waals surface area contributed by atoms with Gasteiger partial charge < -0.3 is 29.1 Å². The highest BCUT2D eigenvalue weighted by Gasteiger charge is 2.29. The minimum absolute atomic E-state index is 0.220. The molecule has 37 heavy (non-hydrogen) atoms. The minimum Gasteiger partial charge on any atom is -0.489 e.